The first-order valence-corrected chi connectivity index (χ1v) is 8.17. The van der Waals surface area contributed by atoms with Crippen molar-refractivity contribution in [2.24, 2.45) is 5.92 Å². The highest BCUT2D eigenvalue weighted by atomic mass is 32.2. The van der Waals surface area contributed by atoms with Crippen LogP contribution in [-0.2, 0) is 19.4 Å². The van der Waals surface area contributed by atoms with Gasteiger partial charge < -0.3 is 10.1 Å². The zero-order chi connectivity index (χ0) is 13.0. The normalized spacial score (nSPS) is 28.1. The van der Waals surface area contributed by atoms with E-state index < -0.39 is 9.84 Å². The molecule has 1 N–H and O–H groups in total. The van der Waals surface area contributed by atoms with Crippen LogP contribution < -0.4 is 5.32 Å². The van der Waals surface area contributed by atoms with Gasteiger partial charge in [0.05, 0.1) is 30.6 Å². The molecule has 0 bridgehead atoms. The maximum atomic E-state index is 11.8. The molecule has 1 atom stereocenters. The van der Waals surface area contributed by atoms with E-state index in [1.54, 1.807) is 0 Å². The topological polar surface area (TPSA) is 75.7 Å². The summed E-state index contributed by atoms with van der Waals surface area (Å²) >= 11 is 0. The van der Waals surface area contributed by atoms with Crippen LogP contribution in [0.25, 0.3) is 0 Å². The number of nitrogens with zero attached hydrogens (tertiary/aromatic N) is 1. The minimum absolute atomic E-state index is 0.0103. The van der Waals surface area contributed by atoms with Crippen molar-refractivity contribution in [1.29, 1.82) is 0 Å². The maximum Gasteiger partial charge on any atom is 0.224 e. The summed E-state index contributed by atoms with van der Waals surface area (Å²) in [6.07, 6.45) is 0.464. The van der Waals surface area contributed by atoms with Gasteiger partial charge in [0.2, 0.25) is 5.91 Å². The quantitative estimate of drug-likeness (QED) is 0.703. The van der Waals surface area contributed by atoms with Crippen LogP contribution in [0.5, 0.6) is 0 Å². The van der Waals surface area contributed by atoms with Gasteiger partial charge in [0.15, 0.2) is 9.84 Å². The van der Waals surface area contributed by atoms with Crippen LogP contribution >= 0.6 is 0 Å². The molecule has 0 aliphatic carbocycles. The molecule has 2 aliphatic rings. The SMILES string of the molecule is O=C(NCCN1CCOCC1)C1CCS(=O)(=O)C1. The molecular formula is C11H20N2O4S. The Morgan fingerprint density at radius 1 is 1.33 bits per heavy atom. The molecule has 1 amide bonds. The summed E-state index contributed by atoms with van der Waals surface area (Å²) in [5.74, 6) is -0.311. The van der Waals surface area contributed by atoms with E-state index in [2.05, 4.69) is 10.2 Å². The summed E-state index contributed by atoms with van der Waals surface area (Å²) in [6.45, 7) is 4.66. The average molecular weight is 276 g/mol. The lowest BCUT2D eigenvalue weighted by Crippen LogP contribution is -2.42. The maximum absolute atomic E-state index is 11.8. The predicted molar refractivity (Wildman–Crippen MR) is 67.0 cm³/mol. The van der Waals surface area contributed by atoms with Crippen molar-refractivity contribution in [3.05, 3.63) is 0 Å². The molecule has 6 nitrogen and oxygen atoms in total. The molecule has 18 heavy (non-hydrogen) atoms. The molecule has 0 aromatic rings. The van der Waals surface area contributed by atoms with Crippen LogP contribution in [0.3, 0.4) is 0 Å². The number of ether oxygens (including phenoxy) is 1. The van der Waals surface area contributed by atoms with Gasteiger partial charge in [-0.05, 0) is 6.42 Å². The number of rotatable bonds is 4. The van der Waals surface area contributed by atoms with Crippen molar-refractivity contribution in [1.82, 2.24) is 10.2 Å². The summed E-state index contributed by atoms with van der Waals surface area (Å²) in [6, 6.07) is 0. The van der Waals surface area contributed by atoms with E-state index in [9.17, 15) is 13.2 Å². The Balaban J connectivity index is 1.66. The first-order chi connectivity index (χ1) is 8.57. The van der Waals surface area contributed by atoms with Crippen molar-refractivity contribution in [2.75, 3.05) is 50.9 Å². The monoisotopic (exact) mass is 276 g/mol. The van der Waals surface area contributed by atoms with Gasteiger partial charge in [0.1, 0.15) is 0 Å². The molecule has 2 heterocycles. The van der Waals surface area contributed by atoms with Crippen LogP contribution in [-0.4, -0.2) is 70.1 Å². The van der Waals surface area contributed by atoms with Gasteiger partial charge in [-0.15, -0.1) is 0 Å². The highest BCUT2D eigenvalue weighted by Crippen LogP contribution is 2.18. The molecule has 0 aromatic carbocycles. The second-order valence-electron chi connectivity index (χ2n) is 4.85. The number of sulfone groups is 1. The third kappa shape index (κ3) is 3.93. The third-order valence-electron chi connectivity index (χ3n) is 3.43. The summed E-state index contributed by atoms with van der Waals surface area (Å²) in [4.78, 5) is 14.0. The van der Waals surface area contributed by atoms with Gasteiger partial charge in [-0.3, -0.25) is 9.69 Å². The lowest BCUT2D eigenvalue weighted by molar-refractivity contribution is -0.124. The van der Waals surface area contributed by atoms with Gasteiger partial charge in [-0.2, -0.15) is 0 Å². The van der Waals surface area contributed by atoms with Crippen molar-refractivity contribution in [3.8, 4) is 0 Å². The third-order valence-corrected chi connectivity index (χ3v) is 5.20. The lowest BCUT2D eigenvalue weighted by atomic mass is 10.1. The largest absolute Gasteiger partial charge is 0.379 e. The second-order valence-corrected chi connectivity index (χ2v) is 7.07. The molecular weight excluding hydrogens is 256 g/mol. The van der Waals surface area contributed by atoms with Crippen LogP contribution in [0.4, 0.5) is 0 Å². The molecule has 7 heteroatoms. The number of nitrogens with one attached hydrogen (secondary N) is 1. The highest BCUT2D eigenvalue weighted by Gasteiger charge is 2.32. The van der Waals surface area contributed by atoms with Crippen LogP contribution in [0.2, 0.25) is 0 Å². The molecule has 104 valence electrons. The lowest BCUT2D eigenvalue weighted by Gasteiger charge is -2.26. The Morgan fingerprint density at radius 3 is 2.67 bits per heavy atom. The van der Waals surface area contributed by atoms with Crippen LogP contribution in [0, 0.1) is 5.92 Å². The summed E-state index contributed by atoms with van der Waals surface area (Å²) in [5, 5.41) is 2.82. The van der Waals surface area contributed by atoms with E-state index in [0.29, 0.717) is 13.0 Å². The van der Waals surface area contributed by atoms with Crippen LogP contribution in [0.1, 0.15) is 6.42 Å². The van der Waals surface area contributed by atoms with E-state index in [4.69, 9.17) is 4.74 Å². The smallest absolute Gasteiger partial charge is 0.224 e. The van der Waals surface area contributed by atoms with E-state index >= 15 is 0 Å². The zero-order valence-electron chi connectivity index (χ0n) is 10.4. The number of carbonyl (C=O) groups excluding carboxylic acids is 1. The molecule has 0 radical (unpaired) electrons. The number of hydrogen-bond acceptors (Lipinski definition) is 5. The second kappa shape index (κ2) is 5.99. The van der Waals surface area contributed by atoms with Gasteiger partial charge in [-0.25, -0.2) is 8.42 Å². The standard InChI is InChI=1S/C11H20N2O4S/c14-11(10-1-8-18(15,16)9-10)12-2-3-13-4-6-17-7-5-13/h10H,1-9H2,(H,12,14). The van der Waals surface area contributed by atoms with Crippen molar-refractivity contribution in [3.63, 3.8) is 0 Å². The molecule has 0 spiro atoms. The fourth-order valence-electron chi connectivity index (χ4n) is 2.31. The van der Waals surface area contributed by atoms with Gasteiger partial charge in [0, 0.05) is 26.2 Å². The fraction of sp³-hybridized carbons (Fsp3) is 0.909. The Hall–Kier alpha value is -0.660. The predicted octanol–water partition coefficient (Wildman–Crippen LogP) is -1.13. The first kappa shape index (κ1) is 13.8. The van der Waals surface area contributed by atoms with Crippen molar-refractivity contribution < 1.29 is 17.9 Å². The summed E-state index contributed by atoms with van der Waals surface area (Å²) in [7, 11) is -2.97. The number of amides is 1. The van der Waals surface area contributed by atoms with Crippen molar-refractivity contribution >= 4 is 15.7 Å². The number of morpholine rings is 1. The Kier molecular flexibility index (Phi) is 4.58. The fourth-order valence-corrected chi connectivity index (χ4v) is 4.05. The number of carbonyl (C=O) groups is 1. The first-order valence-electron chi connectivity index (χ1n) is 6.35. The molecule has 2 rings (SSSR count). The molecule has 2 fully saturated rings. The highest BCUT2D eigenvalue weighted by molar-refractivity contribution is 7.91. The van der Waals surface area contributed by atoms with Gasteiger partial charge in [-0.1, -0.05) is 0 Å². The molecule has 0 aromatic heterocycles. The molecule has 0 saturated carbocycles. The van der Waals surface area contributed by atoms with E-state index in [0.717, 1.165) is 32.8 Å². The summed E-state index contributed by atoms with van der Waals surface area (Å²) < 4.78 is 27.8. The van der Waals surface area contributed by atoms with E-state index in [-0.39, 0.29) is 23.3 Å². The van der Waals surface area contributed by atoms with Gasteiger partial charge >= 0.3 is 0 Å². The van der Waals surface area contributed by atoms with E-state index in [1.807, 2.05) is 0 Å². The Bertz CT molecular complexity index is 390. The van der Waals surface area contributed by atoms with E-state index in [1.165, 1.54) is 0 Å². The molecule has 1 unspecified atom stereocenters. The average Bonchev–Trinajstić information content (AvgIpc) is 2.71. The van der Waals surface area contributed by atoms with Crippen molar-refractivity contribution in [2.45, 2.75) is 6.42 Å². The van der Waals surface area contributed by atoms with Gasteiger partial charge in [0.25, 0.3) is 0 Å². The zero-order valence-corrected chi connectivity index (χ0v) is 11.2. The minimum Gasteiger partial charge on any atom is -0.379 e. The Labute approximate surface area is 108 Å². The number of hydrogen-bond donors (Lipinski definition) is 1. The summed E-state index contributed by atoms with van der Waals surface area (Å²) in [5.41, 5.74) is 0. The van der Waals surface area contributed by atoms with Crippen LogP contribution in [0.15, 0.2) is 0 Å². The molecule has 2 saturated heterocycles. The molecule has 2 aliphatic heterocycles. The Morgan fingerprint density at radius 2 is 2.06 bits per heavy atom. The minimum atomic E-state index is -2.97.